The number of ether oxygens (including phenoxy) is 5. The van der Waals surface area contributed by atoms with Crippen molar-refractivity contribution >= 4 is 17.5 Å². The number of aliphatic hydroxyl groups is 1. The second-order valence-corrected chi connectivity index (χ2v) is 16.8. The van der Waals surface area contributed by atoms with Crippen molar-refractivity contribution in [3.63, 3.8) is 0 Å². The summed E-state index contributed by atoms with van der Waals surface area (Å²) in [4.78, 5) is 56.5. The maximum Gasteiger partial charge on any atom is 0.351 e. The number of likely N-dealkylation sites (N-methyl/N-ethyl adjacent to an activating group) is 1. The van der Waals surface area contributed by atoms with Gasteiger partial charge in [-0.3, -0.25) is 14.6 Å². The lowest BCUT2D eigenvalue weighted by Gasteiger charge is -2.47. The minimum Gasteiger partial charge on any atom is -0.457 e. The van der Waals surface area contributed by atoms with E-state index in [0.29, 0.717) is 23.4 Å². The number of nitrogens with one attached hydrogen (secondary N) is 1. The first-order valence-corrected chi connectivity index (χ1v) is 19.8. The topological polar surface area (TPSA) is 162 Å². The Labute approximate surface area is 335 Å². The van der Waals surface area contributed by atoms with Gasteiger partial charge >= 0.3 is 5.97 Å². The van der Waals surface area contributed by atoms with Crippen molar-refractivity contribution in [2.75, 3.05) is 27.3 Å². The molecule has 2 N–H and O–H groups in total. The number of aliphatic hydroxyl groups excluding tert-OH is 1. The van der Waals surface area contributed by atoms with E-state index in [-0.39, 0.29) is 44.0 Å². The summed E-state index contributed by atoms with van der Waals surface area (Å²) in [7, 11) is 3.65. The third-order valence-electron chi connectivity index (χ3n) is 12.1. The smallest absolute Gasteiger partial charge is 0.351 e. The summed E-state index contributed by atoms with van der Waals surface area (Å²) in [5.74, 6) is -0.0916. The standard InChI is InChI=1S/C43H59FN4O9/c1-12-33-43(9)34(25(3)23-54-43)27(5)35(49)24(2)20-41(7,53-18-14-15-29-21-47-31(22-46-29)30-16-13-17-45-30)38(28(6)37(51)42(8,44)40(52)56-33)57-39-36(50)32(48(10)11)19-26(4)55-39/h13,16-17,21-22,24,26-28,32-34,36,38-39,45,50H,3,12,18-20,23H2,1-2,4-11H3/t24-,26-,27?,28+,32+,33-,34+,36-,38-,39+,41-,42?,43-/m1/s1. The van der Waals surface area contributed by atoms with Crippen molar-refractivity contribution in [1.29, 1.82) is 0 Å². The minimum atomic E-state index is -3.13. The Balaban J connectivity index is 1.57. The van der Waals surface area contributed by atoms with Crippen molar-refractivity contribution in [2.45, 2.75) is 128 Å². The number of rotatable bonds is 7. The van der Waals surface area contributed by atoms with E-state index in [1.165, 1.54) is 13.1 Å². The summed E-state index contributed by atoms with van der Waals surface area (Å²) < 4.78 is 48.3. The number of carbonyl (C=O) groups is 3. The highest BCUT2D eigenvalue weighted by atomic mass is 19.1. The van der Waals surface area contributed by atoms with Gasteiger partial charge in [-0.05, 0) is 84.7 Å². The number of ketones is 2. The first-order chi connectivity index (χ1) is 26.7. The average Bonchev–Trinajstić information content (AvgIpc) is 3.82. The predicted octanol–water partition coefficient (Wildman–Crippen LogP) is 4.87. The number of nitrogens with zero attached hydrogens (tertiary/aromatic N) is 3. The van der Waals surface area contributed by atoms with Crippen LogP contribution in [0.25, 0.3) is 11.4 Å². The Bertz CT molecular complexity index is 1820. The Kier molecular flexibility index (Phi) is 13.6. The van der Waals surface area contributed by atoms with Crippen LogP contribution in [0.15, 0.2) is 42.9 Å². The molecule has 0 aromatic carbocycles. The maximum absolute atomic E-state index is 16.9. The van der Waals surface area contributed by atoms with Crippen LogP contribution in [-0.4, -0.2) is 123 Å². The van der Waals surface area contributed by atoms with Gasteiger partial charge in [0.05, 0.1) is 42.5 Å². The number of halogens is 1. The van der Waals surface area contributed by atoms with Gasteiger partial charge in [0.25, 0.3) is 5.67 Å². The van der Waals surface area contributed by atoms with Crippen LogP contribution in [0, 0.1) is 35.5 Å². The fourth-order valence-corrected chi connectivity index (χ4v) is 9.01. The number of alkyl halides is 1. The van der Waals surface area contributed by atoms with Gasteiger partial charge in [-0.2, -0.15) is 0 Å². The monoisotopic (exact) mass is 794 g/mol. The van der Waals surface area contributed by atoms with Gasteiger partial charge in [0.2, 0.25) is 0 Å². The molecular weight excluding hydrogens is 735 g/mol. The molecule has 5 heterocycles. The Morgan fingerprint density at radius 1 is 1.11 bits per heavy atom. The summed E-state index contributed by atoms with van der Waals surface area (Å²) in [6, 6.07) is 3.35. The summed E-state index contributed by atoms with van der Waals surface area (Å²) in [6.07, 6.45) is 0.439. The van der Waals surface area contributed by atoms with Gasteiger partial charge in [-0.15, -0.1) is 0 Å². The molecule has 5 rings (SSSR count). The zero-order chi connectivity index (χ0) is 42.0. The molecule has 3 fully saturated rings. The summed E-state index contributed by atoms with van der Waals surface area (Å²) >= 11 is 0. The van der Waals surface area contributed by atoms with Crippen LogP contribution >= 0.6 is 0 Å². The molecule has 3 aliphatic heterocycles. The van der Waals surface area contributed by atoms with Crippen LogP contribution in [0.2, 0.25) is 0 Å². The molecule has 0 aliphatic carbocycles. The van der Waals surface area contributed by atoms with Crippen LogP contribution in [0.5, 0.6) is 0 Å². The first-order valence-electron chi connectivity index (χ1n) is 19.8. The lowest BCUT2D eigenvalue weighted by Crippen LogP contribution is -2.61. The molecule has 0 spiro atoms. The van der Waals surface area contributed by atoms with Gasteiger partial charge in [0.15, 0.2) is 12.1 Å². The van der Waals surface area contributed by atoms with Crippen molar-refractivity contribution in [2.24, 2.45) is 23.7 Å². The third kappa shape index (κ3) is 9.09. The largest absolute Gasteiger partial charge is 0.457 e. The van der Waals surface area contributed by atoms with Gasteiger partial charge < -0.3 is 38.7 Å². The molecule has 2 aromatic heterocycles. The van der Waals surface area contributed by atoms with Crippen LogP contribution in [-0.2, 0) is 38.1 Å². The molecule has 0 amide bonds. The maximum atomic E-state index is 16.9. The highest BCUT2D eigenvalue weighted by Crippen LogP contribution is 2.47. The van der Waals surface area contributed by atoms with E-state index >= 15 is 4.39 Å². The number of aromatic amines is 1. The summed E-state index contributed by atoms with van der Waals surface area (Å²) in [5, 5.41) is 11.6. The molecule has 0 saturated carbocycles. The molecule has 13 nitrogen and oxygen atoms in total. The molecule has 13 atom stereocenters. The van der Waals surface area contributed by atoms with Crippen molar-refractivity contribution < 1.29 is 47.6 Å². The van der Waals surface area contributed by atoms with Crippen molar-refractivity contribution in [3.8, 4) is 23.2 Å². The lowest BCUT2D eigenvalue weighted by atomic mass is 9.69. The van der Waals surface area contributed by atoms with Gasteiger partial charge in [0.1, 0.15) is 41.6 Å². The van der Waals surface area contributed by atoms with Crippen LogP contribution < -0.4 is 0 Å². The number of fused-ring (bicyclic) bond motifs is 1. The molecule has 2 unspecified atom stereocenters. The number of carbonyl (C=O) groups excluding carboxylic acids is 3. The fraction of sp³-hybridized carbons (Fsp3) is 0.651. The van der Waals surface area contributed by atoms with E-state index in [9.17, 15) is 19.5 Å². The van der Waals surface area contributed by atoms with E-state index in [1.807, 2.05) is 38.1 Å². The molecular formula is C43H59FN4O9. The van der Waals surface area contributed by atoms with E-state index in [1.54, 1.807) is 47.0 Å². The SMILES string of the molecule is C=C1CO[C@]2(C)[C@@H](CC)OC(=O)C(C)(F)C(=O)[C@H](C)[C@@H](O[C@@H]3O[C@H](C)C[C@H](N(C)C)[C@H]3O)[C@](C)(OCC#Cc3cnc(-c4ccc[nH]4)cn3)C[C@@H](C)C(=O)C(C)[C@H]12. The second kappa shape index (κ2) is 17.6. The zero-order valence-electron chi connectivity index (χ0n) is 34.8. The van der Waals surface area contributed by atoms with E-state index in [4.69, 9.17) is 23.7 Å². The highest BCUT2D eigenvalue weighted by molar-refractivity contribution is 6.07. The second-order valence-electron chi connectivity index (χ2n) is 16.8. The summed E-state index contributed by atoms with van der Waals surface area (Å²) in [5.41, 5.74) is -3.45. The molecule has 14 heteroatoms. The number of hydrogen-bond acceptors (Lipinski definition) is 12. The predicted molar refractivity (Wildman–Crippen MR) is 209 cm³/mol. The van der Waals surface area contributed by atoms with E-state index < -0.39 is 76.9 Å². The quantitative estimate of drug-likeness (QED) is 0.170. The average molecular weight is 795 g/mol. The third-order valence-corrected chi connectivity index (χ3v) is 12.1. The van der Waals surface area contributed by atoms with E-state index in [0.717, 1.165) is 12.6 Å². The fourth-order valence-electron chi connectivity index (χ4n) is 9.01. The van der Waals surface area contributed by atoms with Gasteiger partial charge in [-0.25, -0.2) is 14.2 Å². The van der Waals surface area contributed by atoms with Crippen LogP contribution in [0.3, 0.4) is 0 Å². The molecule has 0 bridgehead atoms. The normalized spacial score (nSPS) is 38.3. The number of esters is 1. The number of aromatic nitrogens is 3. The number of H-pyrrole nitrogens is 1. The molecule has 3 aliphatic rings. The van der Waals surface area contributed by atoms with Crippen LogP contribution in [0.1, 0.15) is 80.3 Å². The van der Waals surface area contributed by atoms with Crippen molar-refractivity contribution in [3.05, 3.63) is 48.6 Å². The van der Waals surface area contributed by atoms with Crippen LogP contribution in [0.4, 0.5) is 4.39 Å². The Morgan fingerprint density at radius 3 is 2.44 bits per heavy atom. The zero-order valence-corrected chi connectivity index (χ0v) is 34.8. The Hall–Kier alpha value is -3.84. The van der Waals surface area contributed by atoms with Gasteiger partial charge in [0, 0.05) is 35.9 Å². The Morgan fingerprint density at radius 2 is 1.82 bits per heavy atom. The molecule has 2 aromatic rings. The first kappa shape index (κ1) is 44.3. The van der Waals surface area contributed by atoms with E-state index in [2.05, 4.69) is 33.4 Å². The molecule has 3 saturated heterocycles. The number of Topliss-reactive ketones (excluding diaryl/α,β-unsaturated/α-hetero) is 2. The molecule has 57 heavy (non-hydrogen) atoms. The number of cyclic esters (lactones) is 1. The summed E-state index contributed by atoms with van der Waals surface area (Å²) in [6.45, 7) is 17.0. The molecule has 312 valence electrons. The van der Waals surface area contributed by atoms with Crippen molar-refractivity contribution in [1.82, 2.24) is 19.9 Å². The minimum absolute atomic E-state index is 0.0122. The number of hydrogen-bond donors (Lipinski definition) is 2. The van der Waals surface area contributed by atoms with Gasteiger partial charge in [-0.1, -0.05) is 40.2 Å². The highest BCUT2D eigenvalue weighted by Gasteiger charge is 2.58. The molecule has 0 radical (unpaired) electrons. The lowest BCUT2D eigenvalue weighted by molar-refractivity contribution is -0.296.